The molecule has 74 valence electrons. The quantitative estimate of drug-likeness (QED) is 0.720. The Morgan fingerprint density at radius 3 is 2.46 bits per heavy atom. The molecule has 0 aromatic rings. The van der Waals surface area contributed by atoms with Crippen LogP contribution >= 0.6 is 0 Å². The van der Waals surface area contributed by atoms with Crippen molar-refractivity contribution in [3.8, 4) is 0 Å². The van der Waals surface area contributed by atoms with Gasteiger partial charge in [-0.15, -0.1) is 0 Å². The number of nitrogens with zero attached hydrogens (tertiary/aromatic N) is 1. The van der Waals surface area contributed by atoms with Crippen LogP contribution in [0.2, 0.25) is 0 Å². The van der Waals surface area contributed by atoms with Gasteiger partial charge in [-0.2, -0.15) is 0 Å². The maximum absolute atomic E-state index is 5.77. The highest BCUT2D eigenvalue weighted by molar-refractivity contribution is 5.23. The van der Waals surface area contributed by atoms with Gasteiger partial charge in [-0.3, -0.25) is 0 Å². The Morgan fingerprint density at radius 2 is 2.00 bits per heavy atom. The Hall–Kier alpha value is -0.920. The lowest BCUT2D eigenvalue weighted by atomic mass is 9.95. The fraction of sp³-hybridized carbons (Fsp3) is 0.636. The summed E-state index contributed by atoms with van der Waals surface area (Å²) in [7, 11) is 0. The average molecular weight is 180 g/mol. The summed E-state index contributed by atoms with van der Waals surface area (Å²) < 4.78 is 0. The molecule has 0 saturated heterocycles. The van der Waals surface area contributed by atoms with Crippen LogP contribution in [0.1, 0.15) is 27.2 Å². The zero-order valence-electron chi connectivity index (χ0n) is 8.88. The van der Waals surface area contributed by atoms with E-state index in [-0.39, 0.29) is 0 Å². The van der Waals surface area contributed by atoms with E-state index in [2.05, 4.69) is 31.7 Å². The molecule has 1 aliphatic carbocycles. The highest BCUT2D eigenvalue weighted by Gasteiger charge is 2.16. The molecule has 0 bridgehead atoms. The summed E-state index contributed by atoms with van der Waals surface area (Å²) in [6, 6.07) is 0. The first-order valence-corrected chi connectivity index (χ1v) is 5.10. The molecule has 0 amide bonds. The summed E-state index contributed by atoms with van der Waals surface area (Å²) in [6.45, 7) is 8.79. The zero-order valence-corrected chi connectivity index (χ0v) is 8.88. The third-order valence-electron chi connectivity index (χ3n) is 2.64. The minimum absolute atomic E-state index is 0.574. The summed E-state index contributed by atoms with van der Waals surface area (Å²) >= 11 is 0. The van der Waals surface area contributed by atoms with Gasteiger partial charge in [-0.25, -0.2) is 0 Å². The van der Waals surface area contributed by atoms with E-state index in [1.165, 1.54) is 5.70 Å². The van der Waals surface area contributed by atoms with Crippen molar-refractivity contribution in [2.45, 2.75) is 27.2 Å². The van der Waals surface area contributed by atoms with E-state index in [9.17, 15) is 0 Å². The van der Waals surface area contributed by atoms with Gasteiger partial charge in [0.1, 0.15) is 0 Å². The van der Waals surface area contributed by atoms with Crippen molar-refractivity contribution in [1.29, 1.82) is 0 Å². The Morgan fingerprint density at radius 1 is 1.38 bits per heavy atom. The molecule has 1 atom stereocenters. The first-order chi connectivity index (χ1) is 6.19. The van der Waals surface area contributed by atoms with Crippen LogP contribution in [-0.2, 0) is 0 Å². The second kappa shape index (κ2) is 4.35. The number of rotatable bonds is 3. The van der Waals surface area contributed by atoms with Gasteiger partial charge in [0.25, 0.3) is 0 Å². The van der Waals surface area contributed by atoms with Crippen molar-refractivity contribution in [2.75, 3.05) is 13.1 Å². The molecule has 2 heteroatoms. The Labute approximate surface area is 81.1 Å². The van der Waals surface area contributed by atoms with Crippen LogP contribution in [0.25, 0.3) is 0 Å². The van der Waals surface area contributed by atoms with Crippen LogP contribution in [0.15, 0.2) is 23.5 Å². The van der Waals surface area contributed by atoms with E-state index in [4.69, 9.17) is 5.73 Å². The molecule has 0 aromatic heterocycles. The van der Waals surface area contributed by atoms with Crippen molar-refractivity contribution in [1.82, 2.24) is 4.90 Å². The smallest absolute Gasteiger partial charge is 0.0166 e. The Balaban J connectivity index is 2.77. The van der Waals surface area contributed by atoms with Crippen LogP contribution in [-0.4, -0.2) is 18.0 Å². The average Bonchev–Trinajstić information content (AvgIpc) is 2.10. The second-order valence-electron chi connectivity index (χ2n) is 3.61. The Bertz CT molecular complexity index is 224. The van der Waals surface area contributed by atoms with Crippen molar-refractivity contribution in [3.63, 3.8) is 0 Å². The van der Waals surface area contributed by atoms with E-state index in [0.717, 1.165) is 25.2 Å². The lowest BCUT2D eigenvalue weighted by Gasteiger charge is -2.30. The number of hydrogen-bond acceptors (Lipinski definition) is 2. The molecule has 0 aromatic carbocycles. The first kappa shape index (κ1) is 10.2. The molecule has 1 unspecified atom stereocenters. The normalized spacial score (nSPS) is 22.2. The zero-order chi connectivity index (χ0) is 9.84. The van der Waals surface area contributed by atoms with Gasteiger partial charge in [-0.05, 0) is 32.4 Å². The predicted octanol–water partition coefficient (Wildman–Crippen LogP) is 2.09. The molecule has 0 aliphatic heterocycles. The largest absolute Gasteiger partial charge is 0.402 e. The molecule has 0 spiro atoms. The van der Waals surface area contributed by atoms with Crippen LogP contribution < -0.4 is 5.73 Å². The van der Waals surface area contributed by atoms with Gasteiger partial charge in [0.2, 0.25) is 0 Å². The lowest BCUT2D eigenvalue weighted by Crippen LogP contribution is -2.28. The van der Waals surface area contributed by atoms with Gasteiger partial charge in [0, 0.05) is 30.4 Å². The lowest BCUT2D eigenvalue weighted by molar-refractivity contribution is 0.333. The molecule has 0 radical (unpaired) electrons. The van der Waals surface area contributed by atoms with Gasteiger partial charge < -0.3 is 10.6 Å². The topological polar surface area (TPSA) is 29.3 Å². The van der Waals surface area contributed by atoms with E-state index in [1.54, 1.807) is 0 Å². The van der Waals surface area contributed by atoms with Crippen molar-refractivity contribution >= 4 is 0 Å². The highest BCUT2D eigenvalue weighted by atomic mass is 15.1. The summed E-state index contributed by atoms with van der Waals surface area (Å²) in [4.78, 5) is 2.40. The van der Waals surface area contributed by atoms with E-state index >= 15 is 0 Å². The first-order valence-electron chi connectivity index (χ1n) is 5.10. The molecule has 0 heterocycles. The Kier molecular flexibility index (Phi) is 3.40. The number of hydrogen-bond donors (Lipinski definition) is 1. The van der Waals surface area contributed by atoms with Gasteiger partial charge >= 0.3 is 0 Å². The number of nitrogens with two attached hydrogens (primary N) is 1. The monoisotopic (exact) mass is 180 g/mol. The van der Waals surface area contributed by atoms with E-state index in [1.807, 2.05) is 6.08 Å². The van der Waals surface area contributed by atoms with Crippen molar-refractivity contribution < 1.29 is 0 Å². The van der Waals surface area contributed by atoms with Crippen LogP contribution in [0.3, 0.4) is 0 Å². The van der Waals surface area contributed by atoms with Gasteiger partial charge in [0.15, 0.2) is 0 Å². The summed E-state index contributed by atoms with van der Waals surface area (Å²) in [5.74, 6) is 0.574. The molecule has 0 saturated carbocycles. The second-order valence-corrected chi connectivity index (χ2v) is 3.61. The fourth-order valence-corrected chi connectivity index (χ4v) is 1.89. The predicted molar refractivity (Wildman–Crippen MR) is 57.1 cm³/mol. The molecular weight excluding hydrogens is 160 g/mol. The summed E-state index contributed by atoms with van der Waals surface area (Å²) in [5, 5.41) is 0. The summed E-state index contributed by atoms with van der Waals surface area (Å²) in [6.07, 6.45) is 5.20. The van der Waals surface area contributed by atoms with Crippen LogP contribution in [0.5, 0.6) is 0 Å². The van der Waals surface area contributed by atoms with Crippen molar-refractivity contribution in [2.24, 2.45) is 11.7 Å². The third-order valence-corrected chi connectivity index (χ3v) is 2.64. The fourth-order valence-electron chi connectivity index (χ4n) is 1.89. The van der Waals surface area contributed by atoms with Crippen LogP contribution in [0, 0.1) is 5.92 Å². The van der Waals surface area contributed by atoms with E-state index < -0.39 is 0 Å². The SMILES string of the molecule is CCN(CC)C1=CC=C(N)CC1C. The molecule has 1 rings (SSSR count). The van der Waals surface area contributed by atoms with Gasteiger partial charge in [0.05, 0.1) is 0 Å². The van der Waals surface area contributed by atoms with E-state index in [0.29, 0.717) is 5.92 Å². The molecule has 13 heavy (non-hydrogen) atoms. The molecular formula is C11H20N2. The molecule has 0 fully saturated rings. The summed E-state index contributed by atoms with van der Waals surface area (Å²) in [5.41, 5.74) is 8.20. The highest BCUT2D eigenvalue weighted by Crippen LogP contribution is 2.24. The number of allylic oxidation sites excluding steroid dienone is 4. The van der Waals surface area contributed by atoms with Crippen molar-refractivity contribution in [3.05, 3.63) is 23.5 Å². The molecule has 2 N–H and O–H groups in total. The maximum atomic E-state index is 5.77. The van der Waals surface area contributed by atoms with Gasteiger partial charge in [-0.1, -0.05) is 6.92 Å². The molecule has 1 aliphatic rings. The minimum Gasteiger partial charge on any atom is -0.402 e. The standard InChI is InChI=1S/C11H20N2/c1-4-13(5-2)11-7-6-10(12)8-9(11)3/h6-7,9H,4-5,8,12H2,1-3H3. The van der Waals surface area contributed by atoms with Crippen LogP contribution in [0.4, 0.5) is 0 Å². The third kappa shape index (κ3) is 2.27. The molecule has 2 nitrogen and oxygen atoms in total. The maximum Gasteiger partial charge on any atom is 0.0166 e. The minimum atomic E-state index is 0.574.